The molecule has 2 N–H and O–H groups in total. The summed E-state index contributed by atoms with van der Waals surface area (Å²) in [6.07, 6.45) is 4.93. The van der Waals surface area contributed by atoms with Crippen molar-refractivity contribution < 1.29 is 4.42 Å². The molecular weight excluding hydrogens is 468 g/mol. The van der Waals surface area contributed by atoms with Crippen molar-refractivity contribution in [2.75, 3.05) is 41.3 Å². The van der Waals surface area contributed by atoms with Crippen LogP contribution in [-0.2, 0) is 6.54 Å². The number of nitrogens with one attached hydrogen (secondary N) is 2. The molecule has 1 aromatic carbocycles. The SMILES string of the molecule is CC1CCCN(c2cc(N3CCCC(C)C3)nc(NC(=S)NCc3ccc(-c4ccccc4)o3)n2)C1. The lowest BCUT2D eigenvalue weighted by Crippen LogP contribution is -2.37. The van der Waals surface area contributed by atoms with Crippen LogP contribution in [0.5, 0.6) is 0 Å². The van der Waals surface area contributed by atoms with Crippen LogP contribution in [0.15, 0.2) is 52.9 Å². The van der Waals surface area contributed by atoms with Crippen molar-refractivity contribution in [3.63, 3.8) is 0 Å². The van der Waals surface area contributed by atoms with Crippen molar-refractivity contribution in [1.82, 2.24) is 15.3 Å². The Morgan fingerprint density at radius 2 is 1.58 bits per heavy atom. The molecule has 0 saturated carbocycles. The summed E-state index contributed by atoms with van der Waals surface area (Å²) in [5, 5.41) is 6.96. The van der Waals surface area contributed by atoms with Crippen LogP contribution >= 0.6 is 12.2 Å². The van der Waals surface area contributed by atoms with Gasteiger partial charge in [0.25, 0.3) is 0 Å². The van der Waals surface area contributed by atoms with E-state index >= 15 is 0 Å². The predicted molar refractivity (Wildman–Crippen MR) is 150 cm³/mol. The zero-order chi connectivity index (χ0) is 24.9. The smallest absolute Gasteiger partial charge is 0.232 e. The number of piperidine rings is 2. The number of hydrogen-bond acceptors (Lipinski definition) is 6. The fourth-order valence-corrected chi connectivity index (χ4v) is 5.30. The molecule has 3 aromatic rings. The monoisotopic (exact) mass is 504 g/mol. The van der Waals surface area contributed by atoms with Gasteiger partial charge in [-0.3, -0.25) is 0 Å². The number of anilines is 3. The lowest BCUT2D eigenvalue weighted by atomic mass is 10.00. The molecular formula is C28H36N6OS. The fraction of sp³-hybridized carbons (Fsp3) is 0.464. The molecule has 0 radical (unpaired) electrons. The summed E-state index contributed by atoms with van der Waals surface area (Å²) in [4.78, 5) is 14.5. The first-order valence-corrected chi connectivity index (χ1v) is 13.5. The summed E-state index contributed by atoms with van der Waals surface area (Å²) in [6.45, 7) is 9.23. The van der Waals surface area contributed by atoms with Gasteiger partial charge in [-0.15, -0.1) is 0 Å². The molecule has 4 heterocycles. The topological polar surface area (TPSA) is 69.5 Å². The second kappa shape index (κ2) is 11.3. The third-order valence-corrected chi connectivity index (χ3v) is 7.28. The summed E-state index contributed by atoms with van der Waals surface area (Å²) in [7, 11) is 0. The number of aromatic nitrogens is 2. The van der Waals surface area contributed by atoms with Crippen LogP contribution in [0.4, 0.5) is 17.6 Å². The van der Waals surface area contributed by atoms with E-state index in [0.717, 1.165) is 54.9 Å². The molecule has 2 aliphatic rings. The quantitative estimate of drug-likeness (QED) is 0.415. The lowest BCUT2D eigenvalue weighted by Gasteiger charge is -2.35. The molecule has 8 heteroatoms. The van der Waals surface area contributed by atoms with Gasteiger partial charge in [0.2, 0.25) is 5.95 Å². The van der Waals surface area contributed by atoms with Crippen molar-refractivity contribution in [2.24, 2.45) is 11.8 Å². The van der Waals surface area contributed by atoms with Crippen molar-refractivity contribution in [2.45, 2.75) is 46.1 Å². The summed E-state index contributed by atoms with van der Waals surface area (Å²) in [5.41, 5.74) is 1.06. The maximum atomic E-state index is 5.99. The van der Waals surface area contributed by atoms with Gasteiger partial charge in [-0.1, -0.05) is 44.2 Å². The minimum atomic E-state index is 0.481. The standard InChI is InChI=1S/C28H36N6OS/c1-20-8-6-14-33(18-20)25-16-26(34-15-7-9-21(2)19-34)31-27(30-25)32-28(36)29-17-23-12-13-24(35-23)22-10-4-3-5-11-22/h3-5,10-13,16,20-21H,6-9,14-15,17-19H2,1-2H3,(H2,29,30,31,32,36). The number of hydrogen-bond donors (Lipinski definition) is 2. The second-order valence-corrected chi connectivity index (χ2v) is 10.6. The first-order valence-electron chi connectivity index (χ1n) is 13.1. The van der Waals surface area contributed by atoms with Crippen molar-refractivity contribution in [3.8, 4) is 11.3 Å². The largest absolute Gasteiger partial charge is 0.459 e. The van der Waals surface area contributed by atoms with Crippen LogP contribution in [0.25, 0.3) is 11.3 Å². The van der Waals surface area contributed by atoms with Crippen LogP contribution in [0.3, 0.4) is 0 Å². The zero-order valence-electron chi connectivity index (χ0n) is 21.2. The van der Waals surface area contributed by atoms with E-state index in [4.69, 9.17) is 26.6 Å². The van der Waals surface area contributed by atoms with Crippen LogP contribution in [0.2, 0.25) is 0 Å². The Labute approximate surface area is 219 Å². The zero-order valence-corrected chi connectivity index (χ0v) is 22.1. The molecule has 0 amide bonds. The Bertz CT molecular complexity index is 1130. The van der Waals surface area contributed by atoms with Gasteiger partial charge in [0.15, 0.2) is 5.11 Å². The molecule has 2 aromatic heterocycles. The molecule has 0 spiro atoms. The van der Waals surface area contributed by atoms with Gasteiger partial charge < -0.3 is 24.9 Å². The molecule has 0 bridgehead atoms. The third kappa shape index (κ3) is 6.16. The molecule has 2 unspecified atom stereocenters. The van der Waals surface area contributed by atoms with Crippen LogP contribution in [0.1, 0.15) is 45.3 Å². The molecule has 7 nitrogen and oxygen atoms in total. The van der Waals surface area contributed by atoms with Gasteiger partial charge in [-0.2, -0.15) is 9.97 Å². The van der Waals surface area contributed by atoms with E-state index in [1.165, 1.54) is 25.7 Å². The molecule has 36 heavy (non-hydrogen) atoms. The summed E-state index contributed by atoms with van der Waals surface area (Å²) < 4.78 is 5.99. The Balaban J connectivity index is 1.28. The summed E-state index contributed by atoms with van der Waals surface area (Å²) in [5.74, 6) is 5.50. The number of benzene rings is 1. The highest BCUT2D eigenvalue weighted by atomic mass is 32.1. The van der Waals surface area contributed by atoms with Crippen molar-refractivity contribution in [3.05, 3.63) is 54.3 Å². The second-order valence-electron chi connectivity index (χ2n) is 10.2. The van der Waals surface area contributed by atoms with E-state index in [1.807, 2.05) is 42.5 Å². The summed E-state index contributed by atoms with van der Waals surface area (Å²) in [6, 6.07) is 16.2. The van der Waals surface area contributed by atoms with Gasteiger partial charge in [0.1, 0.15) is 23.2 Å². The highest BCUT2D eigenvalue weighted by molar-refractivity contribution is 7.80. The molecule has 2 saturated heterocycles. The Kier molecular flexibility index (Phi) is 7.70. The average Bonchev–Trinajstić information content (AvgIpc) is 3.37. The minimum absolute atomic E-state index is 0.481. The lowest BCUT2D eigenvalue weighted by molar-refractivity contribution is 0.441. The van der Waals surface area contributed by atoms with E-state index in [0.29, 0.717) is 29.4 Å². The van der Waals surface area contributed by atoms with Gasteiger partial charge >= 0.3 is 0 Å². The van der Waals surface area contributed by atoms with E-state index in [1.54, 1.807) is 0 Å². The Morgan fingerprint density at radius 1 is 0.944 bits per heavy atom. The Hall–Kier alpha value is -3.13. The van der Waals surface area contributed by atoms with Gasteiger partial charge in [0.05, 0.1) is 6.54 Å². The molecule has 5 rings (SSSR count). The highest BCUT2D eigenvalue weighted by Gasteiger charge is 2.23. The predicted octanol–water partition coefficient (Wildman–Crippen LogP) is 5.70. The third-order valence-electron chi connectivity index (χ3n) is 7.03. The maximum Gasteiger partial charge on any atom is 0.232 e. The molecule has 190 valence electrons. The number of rotatable bonds is 6. The first kappa shape index (κ1) is 24.6. The Morgan fingerprint density at radius 3 is 2.19 bits per heavy atom. The van der Waals surface area contributed by atoms with Gasteiger partial charge in [0, 0.05) is 37.8 Å². The number of thiocarbonyl (C=S) groups is 1. The number of nitrogens with zero attached hydrogens (tertiary/aromatic N) is 4. The minimum Gasteiger partial charge on any atom is -0.459 e. The van der Waals surface area contributed by atoms with E-state index < -0.39 is 0 Å². The van der Waals surface area contributed by atoms with Crippen molar-refractivity contribution >= 4 is 34.9 Å². The molecule has 2 atom stereocenters. The van der Waals surface area contributed by atoms with Gasteiger partial charge in [-0.05, 0) is 61.9 Å². The van der Waals surface area contributed by atoms with E-state index in [9.17, 15) is 0 Å². The van der Waals surface area contributed by atoms with Crippen LogP contribution < -0.4 is 20.4 Å². The maximum absolute atomic E-state index is 5.99. The first-order chi connectivity index (χ1) is 17.5. The van der Waals surface area contributed by atoms with Crippen LogP contribution in [0, 0.1) is 11.8 Å². The fourth-order valence-electron chi connectivity index (χ4n) is 5.14. The van der Waals surface area contributed by atoms with E-state index in [2.05, 4.69) is 40.3 Å². The van der Waals surface area contributed by atoms with Crippen molar-refractivity contribution in [1.29, 1.82) is 0 Å². The van der Waals surface area contributed by atoms with Crippen LogP contribution in [-0.4, -0.2) is 41.3 Å². The average molecular weight is 505 g/mol. The normalized spacial score (nSPS) is 20.3. The summed E-state index contributed by atoms with van der Waals surface area (Å²) >= 11 is 5.60. The van der Waals surface area contributed by atoms with Gasteiger partial charge in [-0.25, -0.2) is 0 Å². The molecule has 2 aliphatic heterocycles. The van der Waals surface area contributed by atoms with E-state index in [-0.39, 0.29) is 0 Å². The highest BCUT2D eigenvalue weighted by Crippen LogP contribution is 2.28. The number of furan rings is 1. The molecule has 0 aliphatic carbocycles. The molecule has 2 fully saturated rings.